The van der Waals surface area contributed by atoms with Gasteiger partial charge in [-0.15, -0.1) is 12.4 Å². The Kier molecular flexibility index (Phi) is 4.33. The minimum absolute atomic E-state index is 0. The van der Waals surface area contributed by atoms with Crippen LogP contribution in [0.15, 0.2) is 36.5 Å². The maximum Gasteiger partial charge on any atom is 0.0460 e. The van der Waals surface area contributed by atoms with Gasteiger partial charge in [-0.25, -0.2) is 0 Å². The van der Waals surface area contributed by atoms with Gasteiger partial charge in [0.1, 0.15) is 0 Å². The zero-order valence-electron chi connectivity index (χ0n) is 11.5. The van der Waals surface area contributed by atoms with Crippen LogP contribution in [-0.2, 0) is 0 Å². The maximum atomic E-state index is 3.36. The number of benzene rings is 1. The standard InChI is InChI=1S/C16H20N2.ClH/c1-12(2)18-9-7-13(8-10-18)15-11-17-16-6-4-3-5-14(15)16;/h3-7,11-12,17H,8-10H2,1-2H3;1H. The van der Waals surface area contributed by atoms with Crippen LogP contribution in [0.1, 0.15) is 25.8 Å². The quantitative estimate of drug-likeness (QED) is 0.875. The predicted octanol–water partition coefficient (Wildman–Crippen LogP) is 4.09. The summed E-state index contributed by atoms with van der Waals surface area (Å²) in [4.78, 5) is 5.88. The Labute approximate surface area is 120 Å². The smallest absolute Gasteiger partial charge is 0.0460 e. The van der Waals surface area contributed by atoms with Crippen molar-refractivity contribution in [1.29, 1.82) is 0 Å². The van der Waals surface area contributed by atoms with Gasteiger partial charge in [0, 0.05) is 41.8 Å². The molecule has 102 valence electrons. The van der Waals surface area contributed by atoms with E-state index in [1.54, 1.807) is 0 Å². The molecule has 0 unspecified atom stereocenters. The van der Waals surface area contributed by atoms with E-state index in [9.17, 15) is 0 Å². The number of rotatable bonds is 2. The molecule has 1 aliphatic rings. The van der Waals surface area contributed by atoms with Crippen molar-refractivity contribution in [3.63, 3.8) is 0 Å². The highest BCUT2D eigenvalue weighted by molar-refractivity contribution is 5.92. The highest BCUT2D eigenvalue weighted by Crippen LogP contribution is 2.29. The fourth-order valence-electron chi connectivity index (χ4n) is 2.74. The van der Waals surface area contributed by atoms with Gasteiger partial charge in [-0.1, -0.05) is 24.3 Å². The molecule has 19 heavy (non-hydrogen) atoms. The first-order valence-electron chi connectivity index (χ1n) is 6.75. The zero-order valence-corrected chi connectivity index (χ0v) is 12.3. The SMILES string of the molecule is CC(C)N1CC=C(c2c[nH]c3ccccc23)CC1.Cl. The van der Waals surface area contributed by atoms with Crippen LogP contribution in [0.2, 0.25) is 0 Å². The highest BCUT2D eigenvalue weighted by atomic mass is 35.5. The summed E-state index contributed by atoms with van der Waals surface area (Å²) in [6.07, 6.45) is 5.70. The molecule has 0 spiro atoms. The number of aromatic nitrogens is 1. The van der Waals surface area contributed by atoms with Gasteiger partial charge in [-0.3, -0.25) is 4.90 Å². The third kappa shape index (κ3) is 2.70. The summed E-state index contributed by atoms with van der Waals surface area (Å²) in [5, 5.41) is 1.35. The van der Waals surface area contributed by atoms with Crippen LogP contribution in [0.4, 0.5) is 0 Å². The summed E-state index contributed by atoms with van der Waals surface area (Å²) < 4.78 is 0. The summed E-state index contributed by atoms with van der Waals surface area (Å²) >= 11 is 0. The Hall–Kier alpha value is -1.25. The van der Waals surface area contributed by atoms with E-state index in [0.29, 0.717) is 6.04 Å². The highest BCUT2D eigenvalue weighted by Gasteiger charge is 2.16. The molecule has 2 heterocycles. The summed E-state index contributed by atoms with van der Waals surface area (Å²) in [7, 11) is 0. The number of H-pyrrole nitrogens is 1. The summed E-state index contributed by atoms with van der Waals surface area (Å²) in [5.74, 6) is 0. The molecule has 1 aliphatic heterocycles. The molecule has 1 N–H and O–H groups in total. The molecule has 0 saturated heterocycles. The fourth-order valence-corrected chi connectivity index (χ4v) is 2.74. The second kappa shape index (κ2) is 5.81. The molecule has 3 heteroatoms. The average Bonchev–Trinajstić information content (AvgIpc) is 2.82. The molecular formula is C16H21ClN2. The molecule has 0 amide bonds. The first-order chi connectivity index (χ1) is 8.75. The van der Waals surface area contributed by atoms with Gasteiger partial charge < -0.3 is 4.98 Å². The van der Waals surface area contributed by atoms with Crippen molar-refractivity contribution in [2.45, 2.75) is 26.3 Å². The van der Waals surface area contributed by atoms with Crippen LogP contribution in [0.3, 0.4) is 0 Å². The van der Waals surface area contributed by atoms with Crippen LogP contribution in [0.5, 0.6) is 0 Å². The minimum atomic E-state index is 0. The molecule has 2 aromatic rings. The maximum absolute atomic E-state index is 3.36. The van der Waals surface area contributed by atoms with Crippen molar-refractivity contribution in [3.8, 4) is 0 Å². The molecule has 0 atom stereocenters. The van der Waals surface area contributed by atoms with Gasteiger partial charge in [-0.2, -0.15) is 0 Å². The van der Waals surface area contributed by atoms with Crippen LogP contribution >= 0.6 is 12.4 Å². The Bertz CT molecular complexity index is 583. The van der Waals surface area contributed by atoms with Crippen molar-refractivity contribution in [3.05, 3.63) is 42.1 Å². The number of fused-ring (bicyclic) bond motifs is 1. The monoisotopic (exact) mass is 276 g/mol. The third-order valence-corrected chi connectivity index (χ3v) is 3.91. The Morgan fingerprint density at radius 3 is 2.68 bits per heavy atom. The predicted molar refractivity (Wildman–Crippen MR) is 84.8 cm³/mol. The van der Waals surface area contributed by atoms with Crippen molar-refractivity contribution in [1.82, 2.24) is 9.88 Å². The van der Waals surface area contributed by atoms with E-state index in [2.05, 4.69) is 60.3 Å². The van der Waals surface area contributed by atoms with Crippen LogP contribution in [0.25, 0.3) is 16.5 Å². The Balaban J connectivity index is 0.00000133. The second-order valence-corrected chi connectivity index (χ2v) is 5.32. The number of aromatic amines is 1. The van der Waals surface area contributed by atoms with Gasteiger partial charge in [0.25, 0.3) is 0 Å². The molecule has 0 radical (unpaired) electrons. The summed E-state index contributed by atoms with van der Waals surface area (Å²) in [6, 6.07) is 9.19. The first kappa shape index (κ1) is 14.2. The molecule has 0 fully saturated rings. The number of halogens is 1. The molecule has 2 nitrogen and oxygen atoms in total. The molecular weight excluding hydrogens is 256 g/mol. The van der Waals surface area contributed by atoms with E-state index < -0.39 is 0 Å². The van der Waals surface area contributed by atoms with Crippen molar-refractivity contribution in [2.75, 3.05) is 13.1 Å². The van der Waals surface area contributed by atoms with Gasteiger partial charge in [0.05, 0.1) is 0 Å². The van der Waals surface area contributed by atoms with Gasteiger partial charge in [0.2, 0.25) is 0 Å². The second-order valence-electron chi connectivity index (χ2n) is 5.32. The number of hydrogen-bond donors (Lipinski definition) is 1. The van der Waals surface area contributed by atoms with Crippen molar-refractivity contribution in [2.24, 2.45) is 0 Å². The van der Waals surface area contributed by atoms with Gasteiger partial charge in [-0.05, 0) is 31.9 Å². The van der Waals surface area contributed by atoms with Crippen LogP contribution in [0, 0.1) is 0 Å². The topological polar surface area (TPSA) is 19.0 Å². The molecule has 1 aromatic heterocycles. The van der Waals surface area contributed by atoms with Gasteiger partial charge in [0.15, 0.2) is 0 Å². The van der Waals surface area contributed by atoms with E-state index in [1.165, 1.54) is 28.6 Å². The molecule has 0 bridgehead atoms. The van der Waals surface area contributed by atoms with Crippen LogP contribution in [-0.4, -0.2) is 29.0 Å². The Morgan fingerprint density at radius 2 is 2.00 bits per heavy atom. The van der Waals surface area contributed by atoms with E-state index in [0.717, 1.165) is 13.0 Å². The fraction of sp³-hybridized carbons (Fsp3) is 0.375. The molecule has 0 saturated carbocycles. The lowest BCUT2D eigenvalue weighted by atomic mass is 9.98. The Morgan fingerprint density at radius 1 is 1.21 bits per heavy atom. The number of hydrogen-bond acceptors (Lipinski definition) is 1. The average molecular weight is 277 g/mol. The normalized spacial score (nSPS) is 16.5. The molecule has 1 aromatic carbocycles. The molecule has 0 aliphatic carbocycles. The third-order valence-electron chi connectivity index (χ3n) is 3.91. The first-order valence-corrected chi connectivity index (χ1v) is 6.75. The van der Waals surface area contributed by atoms with E-state index in [1.807, 2.05) is 0 Å². The number of nitrogens with one attached hydrogen (secondary N) is 1. The molecule has 3 rings (SSSR count). The van der Waals surface area contributed by atoms with E-state index >= 15 is 0 Å². The van der Waals surface area contributed by atoms with E-state index in [4.69, 9.17) is 0 Å². The minimum Gasteiger partial charge on any atom is -0.361 e. The lowest BCUT2D eigenvalue weighted by Gasteiger charge is -2.29. The number of para-hydroxylation sites is 1. The van der Waals surface area contributed by atoms with E-state index in [-0.39, 0.29) is 12.4 Å². The lowest BCUT2D eigenvalue weighted by Crippen LogP contribution is -2.34. The lowest BCUT2D eigenvalue weighted by molar-refractivity contribution is 0.245. The summed E-state index contributed by atoms with van der Waals surface area (Å²) in [6.45, 7) is 6.78. The largest absolute Gasteiger partial charge is 0.361 e. The summed E-state index contributed by atoms with van der Waals surface area (Å²) in [5.41, 5.74) is 4.11. The van der Waals surface area contributed by atoms with Crippen molar-refractivity contribution < 1.29 is 0 Å². The number of nitrogens with zero attached hydrogens (tertiary/aromatic N) is 1. The zero-order chi connectivity index (χ0) is 12.5. The van der Waals surface area contributed by atoms with Crippen LogP contribution < -0.4 is 0 Å². The van der Waals surface area contributed by atoms with Gasteiger partial charge >= 0.3 is 0 Å². The van der Waals surface area contributed by atoms with Crippen molar-refractivity contribution >= 4 is 28.9 Å².